The zero-order valence-electron chi connectivity index (χ0n) is 13.3. The van der Waals surface area contributed by atoms with Gasteiger partial charge in [-0.1, -0.05) is 6.92 Å². The van der Waals surface area contributed by atoms with E-state index in [-0.39, 0.29) is 0 Å². The van der Waals surface area contributed by atoms with Crippen molar-refractivity contribution < 1.29 is 9.84 Å². The van der Waals surface area contributed by atoms with Crippen molar-refractivity contribution in [1.82, 2.24) is 15.1 Å². The average molecular weight is 295 g/mol. The number of ether oxygens (including phenoxy) is 1. The quantitative estimate of drug-likeness (QED) is 0.714. The minimum absolute atomic E-state index is 0.353. The van der Waals surface area contributed by atoms with E-state index in [2.05, 4.69) is 17.3 Å². The van der Waals surface area contributed by atoms with Crippen molar-refractivity contribution in [3.8, 4) is 0 Å². The van der Waals surface area contributed by atoms with E-state index >= 15 is 0 Å². The summed E-state index contributed by atoms with van der Waals surface area (Å²) in [7, 11) is 1.92. The summed E-state index contributed by atoms with van der Waals surface area (Å²) in [4.78, 5) is 0. The van der Waals surface area contributed by atoms with Crippen LogP contribution in [0.1, 0.15) is 38.2 Å². The van der Waals surface area contributed by atoms with Gasteiger partial charge >= 0.3 is 0 Å². The maximum atomic E-state index is 9.93. The van der Waals surface area contributed by atoms with Crippen molar-refractivity contribution in [2.75, 3.05) is 19.7 Å². The van der Waals surface area contributed by atoms with Gasteiger partial charge in [0.15, 0.2) is 0 Å². The second-order valence-electron chi connectivity index (χ2n) is 6.35. The molecule has 1 heterocycles. The van der Waals surface area contributed by atoms with Crippen LogP contribution in [0.2, 0.25) is 0 Å². The van der Waals surface area contributed by atoms with Gasteiger partial charge < -0.3 is 15.2 Å². The summed E-state index contributed by atoms with van der Waals surface area (Å²) >= 11 is 0. The van der Waals surface area contributed by atoms with Gasteiger partial charge in [0.1, 0.15) is 0 Å². The summed E-state index contributed by atoms with van der Waals surface area (Å²) in [5.41, 5.74) is 1.21. The number of aryl methyl sites for hydroxylation is 1. The predicted molar refractivity (Wildman–Crippen MR) is 83.2 cm³/mol. The van der Waals surface area contributed by atoms with E-state index in [9.17, 15) is 5.11 Å². The largest absolute Gasteiger partial charge is 0.389 e. The molecule has 2 rings (SSSR count). The first kappa shape index (κ1) is 16.5. The minimum Gasteiger partial charge on any atom is -0.389 e. The summed E-state index contributed by atoms with van der Waals surface area (Å²) in [6, 6.07) is 0. The summed E-state index contributed by atoms with van der Waals surface area (Å²) in [6.07, 6.45) is 9.56. The fourth-order valence-electron chi connectivity index (χ4n) is 2.80. The van der Waals surface area contributed by atoms with Crippen LogP contribution in [0.4, 0.5) is 0 Å². The van der Waals surface area contributed by atoms with Crippen LogP contribution in [0.15, 0.2) is 12.4 Å². The molecule has 2 N–H and O–H groups in total. The Morgan fingerprint density at radius 1 is 1.43 bits per heavy atom. The maximum Gasteiger partial charge on any atom is 0.0897 e. The average Bonchev–Trinajstić information content (AvgIpc) is 2.89. The van der Waals surface area contributed by atoms with Crippen molar-refractivity contribution in [1.29, 1.82) is 0 Å². The molecule has 1 aliphatic rings. The van der Waals surface area contributed by atoms with E-state index < -0.39 is 6.10 Å². The Kier molecular flexibility index (Phi) is 6.67. The molecule has 21 heavy (non-hydrogen) atoms. The third-order valence-corrected chi connectivity index (χ3v) is 4.22. The highest BCUT2D eigenvalue weighted by Gasteiger charge is 2.19. The fraction of sp³-hybridized carbons (Fsp3) is 0.812. The molecule has 5 nitrogen and oxygen atoms in total. The van der Waals surface area contributed by atoms with E-state index in [1.807, 2.05) is 24.1 Å². The number of nitrogens with zero attached hydrogens (tertiary/aromatic N) is 2. The van der Waals surface area contributed by atoms with Crippen molar-refractivity contribution in [3.63, 3.8) is 0 Å². The van der Waals surface area contributed by atoms with Gasteiger partial charge in [-0.3, -0.25) is 4.68 Å². The first-order valence-corrected chi connectivity index (χ1v) is 8.11. The van der Waals surface area contributed by atoms with E-state index in [0.717, 1.165) is 31.7 Å². The number of rotatable bonds is 8. The van der Waals surface area contributed by atoms with Crippen LogP contribution in [-0.4, -0.2) is 46.8 Å². The Hall–Kier alpha value is -0.910. The highest BCUT2D eigenvalue weighted by atomic mass is 16.5. The van der Waals surface area contributed by atoms with Crippen LogP contribution in [0.25, 0.3) is 0 Å². The predicted octanol–water partition coefficient (Wildman–Crippen LogP) is 1.51. The van der Waals surface area contributed by atoms with Gasteiger partial charge in [0.25, 0.3) is 0 Å². The Labute approximate surface area is 127 Å². The van der Waals surface area contributed by atoms with Crippen LogP contribution in [0, 0.1) is 5.92 Å². The van der Waals surface area contributed by atoms with Crippen LogP contribution < -0.4 is 5.32 Å². The van der Waals surface area contributed by atoms with E-state index in [1.165, 1.54) is 18.4 Å². The molecule has 0 aromatic carbocycles. The Morgan fingerprint density at radius 2 is 2.19 bits per heavy atom. The van der Waals surface area contributed by atoms with Crippen LogP contribution in [0.3, 0.4) is 0 Å². The molecule has 0 aliphatic heterocycles. The first-order chi connectivity index (χ1) is 10.1. The number of hydrogen-bond acceptors (Lipinski definition) is 4. The van der Waals surface area contributed by atoms with Gasteiger partial charge in [-0.25, -0.2) is 0 Å². The van der Waals surface area contributed by atoms with Crippen molar-refractivity contribution in [3.05, 3.63) is 18.0 Å². The van der Waals surface area contributed by atoms with Gasteiger partial charge in [-0.15, -0.1) is 0 Å². The molecule has 0 bridgehead atoms. The number of aromatic nitrogens is 2. The third kappa shape index (κ3) is 6.16. The zero-order valence-corrected chi connectivity index (χ0v) is 13.3. The molecule has 1 unspecified atom stereocenters. The summed E-state index contributed by atoms with van der Waals surface area (Å²) in [5.74, 6) is 0.837. The summed E-state index contributed by atoms with van der Waals surface area (Å²) in [5, 5.41) is 17.3. The molecule has 0 amide bonds. The standard InChI is InChI=1S/C16H29N3O2/c1-13-3-5-16(6-4-13)21-12-15(20)10-17-8-7-14-9-18-19(2)11-14/h9,11,13,15-17,20H,3-8,10,12H2,1-2H3. The highest BCUT2D eigenvalue weighted by Crippen LogP contribution is 2.25. The molecule has 0 spiro atoms. The topological polar surface area (TPSA) is 59.3 Å². The number of aliphatic hydroxyl groups excluding tert-OH is 1. The molecule has 1 aromatic heterocycles. The van der Waals surface area contributed by atoms with Crippen molar-refractivity contribution >= 4 is 0 Å². The van der Waals surface area contributed by atoms with Gasteiger partial charge in [-0.05, 0) is 50.1 Å². The first-order valence-electron chi connectivity index (χ1n) is 8.11. The lowest BCUT2D eigenvalue weighted by atomic mass is 9.89. The summed E-state index contributed by atoms with van der Waals surface area (Å²) in [6.45, 7) is 4.18. The van der Waals surface area contributed by atoms with Crippen LogP contribution in [0.5, 0.6) is 0 Å². The molecule has 0 radical (unpaired) electrons. The smallest absolute Gasteiger partial charge is 0.0897 e. The minimum atomic E-state index is -0.418. The van der Waals surface area contributed by atoms with E-state index in [1.54, 1.807) is 0 Å². The van der Waals surface area contributed by atoms with Gasteiger partial charge in [0, 0.05) is 19.8 Å². The maximum absolute atomic E-state index is 9.93. The molecule has 1 fully saturated rings. The monoisotopic (exact) mass is 295 g/mol. The lowest BCUT2D eigenvalue weighted by molar-refractivity contribution is -0.0277. The van der Waals surface area contributed by atoms with Crippen molar-refractivity contribution in [2.24, 2.45) is 13.0 Å². The van der Waals surface area contributed by atoms with Crippen molar-refractivity contribution in [2.45, 2.75) is 51.2 Å². The molecule has 0 saturated heterocycles. The Bertz CT molecular complexity index is 400. The Morgan fingerprint density at radius 3 is 2.86 bits per heavy atom. The highest BCUT2D eigenvalue weighted by molar-refractivity contribution is 5.03. The van der Waals surface area contributed by atoms with Crippen LogP contribution in [-0.2, 0) is 18.2 Å². The molecular weight excluding hydrogens is 266 g/mol. The zero-order chi connectivity index (χ0) is 15.1. The summed E-state index contributed by atoms with van der Waals surface area (Å²) < 4.78 is 7.62. The molecule has 1 atom stereocenters. The number of aliphatic hydroxyl groups is 1. The SMILES string of the molecule is CC1CCC(OCC(O)CNCCc2cnn(C)c2)CC1. The van der Waals surface area contributed by atoms with E-state index in [0.29, 0.717) is 19.3 Å². The second-order valence-corrected chi connectivity index (χ2v) is 6.35. The fourth-order valence-corrected chi connectivity index (χ4v) is 2.80. The number of nitrogens with one attached hydrogen (secondary N) is 1. The molecule has 1 aromatic rings. The lowest BCUT2D eigenvalue weighted by Crippen LogP contribution is -2.33. The lowest BCUT2D eigenvalue weighted by Gasteiger charge is -2.27. The van der Waals surface area contributed by atoms with Gasteiger partial charge in [-0.2, -0.15) is 5.10 Å². The molecular formula is C16H29N3O2. The molecule has 5 heteroatoms. The third-order valence-electron chi connectivity index (χ3n) is 4.22. The van der Waals surface area contributed by atoms with E-state index in [4.69, 9.17) is 4.74 Å². The second kappa shape index (κ2) is 8.51. The van der Waals surface area contributed by atoms with Gasteiger partial charge in [0.2, 0.25) is 0 Å². The Balaban J connectivity index is 1.50. The molecule has 1 aliphatic carbocycles. The van der Waals surface area contributed by atoms with Gasteiger partial charge in [0.05, 0.1) is 25.0 Å². The normalized spacial score (nSPS) is 24.1. The van der Waals surface area contributed by atoms with Crippen LogP contribution >= 0.6 is 0 Å². The molecule has 120 valence electrons. The number of hydrogen-bond donors (Lipinski definition) is 2. The molecule has 1 saturated carbocycles.